The monoisotopic (exact) mass is 239 g/mol. The number of rotatable bonds is 4. The van der Waals surface area contributed by atoms with E-state index in [1.54, 1.807) is 0 Å². The van der Waals surface area contributed by atoms with E-state index in [2.05, 4.69) is 15.4 Å². The fourth-order valence-electron chi connectivity index (χ4n) is 1.81. The lowest BCUT2D eigenvalue weighted by Crippen LogP contribution is -2.16. The third kappa shape index (κ3) is 2.59. The molecule has 1 aromatic rings. The van der Waals surface area contributed by atoms with E-state index in [-0.39, 0.29) is 23.6 Å². The first-order valence-electron chi connectivity index (χ1n) is 5.35. The Morgan fingerprint density at radius 3 is 2.82 bits per heavy atom. The van der Waals surface area contributed by atoms with Crippen LogP contribution < -0.4 is 16.0 Å². The first kappa shape index (κ1) is 11.5. The largest absolute Gasteiger partial charge is 0.469 e. The smallest absolute Gasteiger partial charge is 0.349 e. The summed E-state index contributed by atoms with van der Waals surface area (Å²) >= 11 is 0. The van der Waals surface area contributed by atoms with Crippen molar-refractivity contribution in [1.82, 2.24) is 9.97 Å². The zero-order valence-corrected chi connectivity index (χ0v) is 9.13. The Labute approximate surface area is 97.3 Å². The van der Waals surface area contributed by atoms with Gasteiger partial charge >= 0.3 is 5.69 Å². The molecule has 0 spiro atoms. The van der Waals surface area contributed by atoms with Crippen molar-refractivity contribution in [2.75, 3.05) is 5.43 Å². The van der Waals surface area contributed by atoms with Crippen molar-refractivity contribution in [3.8, 4) is 5.88 Å². The molecule has 1 fully saturated rings. The number of hydrazine groups is 1. The summed E-state index contributed by atoms with van der Waals surface area (Å²) in [5.41, 5.74) is 1.99. The third-order valence-corrected chi connectivity index (χ3v) is 2.64. The highest BCUT2D eigenvalue weighted by Gasteiger charge is 2.24. The standard InChI is InChI=1S/C9H13N5O3/c10-13-9-11-5-7(14(15)16)8(12-9)17-6-3-1-2-4-6/h5-6H,1-4,10H2,(H,11,12,13). The van der Waals surface area contributed by atoms with Crippen molar-refractivity contribution in [2.24, 2.45) is 5.84 Å². The zero-order chi connectivity index (χ0) is 12.3. The summed E-state index contributed by atoms with van der Waals surface area (Å²) in [4.78, 5) is 17.8. The summed E-state index contributed by atoms with van der Waals surface area (Å²) < 4.78 is 5.52. The fourth-order valence-corrected chi connectivity index (χ4v) is 1.81. The van der Waals surface area contributed by atoms with Crippen molar-refractivity contribution in [1.29, 1.82) is 0 Å². The molecule has 1 heterocycles. The predicted molar refractivity (Wildman–Crippen MR) is 59.4 cm³/mol. The summed E-state index contributed by atoms with van der Waals surface area (Å²) in [6.07, 6.45) is 5.03. The molecule has 0 atom stereocenters. The number of hydrogen-bond donors (Lipinski definition) is 2. The number of hydrogen-bond acceptors (Lipinski definition) is 7. The SMILES string of the molecule is NNc1ncc([N+](=O)[O-])c(OC2CCCC2)n1. The molecule has 0 saturated heterocycles. The van der Waals surface area contributed by atoms with Crippen LogP contribution in [0.3, 0.4) is 0 Å². The van der Waals surface area contributed by atoms with Crippen LogP contribution in [0.2, 0.25) is 0 Å². The van der Waals surface area contributed by atoms with E-state index < -0.39 is 4.92 Å². The minimum absolute atomic E-state index is 0.00535. The highest BCUT2D eigenvalue weighted by atomic mass is 16.6. The Morgan fingerprint density at radius 1 is 1.53 bits per heavy atom. The van der Waals surface area contributed by atoms with Gasteiger partial charge in [0.25, 0.3) is 5.88 Å². The Morgan fingerprint density at radius 2 is 2.24 bits per heavy atom. The minimum Gasteiger partial charge on any atom is -0.469 e. The second-order valence-corrected chi connectivity index (χ2v) is 3.81. The number of aromatic nitrogens is 2. The Bertz CT molecular complexity index is 419. The average molecular weight is 239 g/mol. The van der Waals surface area contributed by atoms with E-state index >= 15 is 0 Å². The molecule has 0 aromatic carbocycles. The van der Waals surface area contributed by atoms with Crippen LogP contribution in [0.25, 0.3) is 0 Å². The predicted octanol–water partition coefficient (Wildman–Crippen LogP) is 0.992. The highest BCUT2D eigenvalue weighted by molar-refractivity contribution is 5.42. The van der Waals surface area contributed by atoms with Crippen molar-refractivity contribution >= 4 is 11.6 Å². The van der Waals surface area contributed by atoms with Gasteiger partial charge in [0.1, 0.15) is 12.3 Å². The number of nitro groups is 1. The Kier molecular flexibility index (Phi) is 3.33. The molecule has 0 aliphatic heterocycles. The molecule has 1 aliphatic rings. The molecular weight excluding hydrogens is 226 g/mol. The molecule has 8 heteroatoms. The van der Waals surface area contributed by atoms with Gasteiger partial charge in [0.15, 0.2) is 0 Å². The number of nitrogens with zero attached hydrogens (tertiary/aromatic N) is 3. The van der Waals surface area contributed by atoms with Crippen molar-refractivity contribution in [2.45, 2.75) is 31.8 Å². The van der Waals surface area contributed by atoms with Gasteiger partial charge in [0, 0.05) is 0 Å². The molecule has 0 amide bonds. The fraction of sp³-hybridized carbons (Fsp3) is 0.556. The van der Waals surface area contributed by atoms with E-state index in [4.69, 9.17) is 10.6 Å². The summed E-state index contributed by atoms with van der Waals surface area (Å²) in [5.74, 6) is 5.23. The molecule has 1 aromatic heterocycles. The maximum atomic E-state index is 10.8. The molecule has 8 nitrogen and oxygen atoms in total. The van der Waals surface area contributed by atoms with Crippen molar-refractivity contribution in [3.05, 3.63) is 16.3 Å². The van der Waals surface area contributed by atoms with Crippen LogP contribution in [-0.4, -0.2) is 21.0 Å². The number of ether oxygens (including phenoxy) is 1. The van der Waals surface area contributed by atoms with E-state index in [1.165, 1.54) is 0 Å². The van der Waals surface area contributed by atoms with E-state index in [0.29, 0.717) is 0 Å². The van der Waals surface area contributed by atoms with Gasteiger partial charge < -0.3 is 4.74 Å². The van der Waals surface area contributed by atoms with Crippen molar-refractivity contribution in [3.63, 3.8) is 0 Å². The number of nitrogens with one attached hydrogen (secondary N) is 1. The summed E-state index contributed by atoms with van der Waals surface area (Å²) in [5, 5.41) is 10.8. The maximum absolute atomic E-state index is 10.8. The maximum Gasteiger partial charge on any atom is 0.349 e. The van der Waals surface area contributed by atoms with Gasteiger partial charge in [-0.15, -0.1) is 0 Å². The molecule has 1 saturated carbocycles. The van der Waals surface area contributed by atoms with Gasteiger partial charge in [-0.25, -0.2) is 10.8 Å². The lowest BCUT2D eigenvalue weighted by molar-refractivity contribution is -0.386. The summed E-state index contributed by atoms with van der Waals surface area (Å²) in [6, 6.07) is 0. The van der Waals surface area contributed by atoms with Crippen LogP contribution in [0.1, 0.15) is 25.7 Å². The van der Waals surface area contributed by atoms with Crippen molar-refractivity contribution < 1.29 is 9.66 Å². The molecule has 0 radical (unpaired) electrons. The zero-order valence-electron chi connectivity index (χ0n) is 9.13. The van der Waals surface area contributed by atoms with E-state index in [1.807, 2.05) is 0 Å². The topological polar surface area (TPSA) is 116 Å². The van der Waals surface area contributed by atoms with Crippen LogP contribution in [-0.2, 0) is 0 Å². The number of anilines is 1. The molecule has 3 N–H and O–H groups in total. The van der Waals surface area contributed by atoms with Gasteiger partial charge in [-0.2, -0.15) is 4.98 Å². The molecule has 17 heavy (non-hydrogen) atoms. The Hall–Kier alpha value is -1.96. The van der Waals surface area contributed by atoms with Crippen LogP contribution in [0, 0.1) is 10.1 Å². The van der Waals surface area contributed by atoms with Gasteiger partial charge in [-0.1, -0.05) is 0 Å². The molecular formula is C9H13N5O3. The van der Waals surface area contributed by atoms with Gasteiger partial charge in [0.05, 0.1) is 4.92 Å². The lowest BCUT2D eigenvalue weighted by atomic mass is 10.3. The second kappa shape index (κ2) is 4.91. The lowest BCUT2D eigenvalue weighted by Gasteiger charge is -2.12. The summed E-state index contributed by atoms with van der Waals surface area (Å²) in [7, 11) is 0. The Balaban J connectivity index is 2.24. The first-order valence-corrected chi connectivity index (χ1v) is 5.35. The van der Waals surface area contributed by atoms with Crippen LogP contribution in [0.4, 0.5) is 11.6 Å². The molecule has 0 bridgehead atoms. The third-order valence-electron chi connectivity index (χ3n) is 2.64. The van der Waals surface area contributed by atoms with Gasteiger partial charge in [-0.05, 0) is 25.7 Å². The van der Waals surface area contributed by atoms with E-state index in [0.717, 1.165) is 31.9 Å². The normalized spacial score (nSPS) is 15.8. The minimum atomic E-state index is -0.565. The average Bonchev–Trinajstić information content (AvgIpc) is 2.81. The number of nitrogen functional groups attached to an aromatic ring is 1. The quantitative estimate of drug-likeness (QED) is 0.457. The number of nitrogens with two attached hydrogens (primary N) is 1. The van der Waals surface area contributed by atoms with Crippen LogP contribution in [0.5, 0.6) is 5.88 Å². The highest BCUT2D eigenvalue weighted by Crippen LogP contribution is 2.29. The summed E-state index contributed by atoms with van der Waals surface area (Å²) in [6.45, 7) is 0. The first-order chi connectivity index (χ1) is 8.20. The molecule has 92 valence electrons. The van der Waals surface area contributed by atoms with Crippen LogP contribution in [0.15, 0.2) is 6.20 Å². The van der Waals surface area contributed by atoms with Gasteiger partial charge in [-0.3, -0.25) is 15.5 Å². The molecule has 0 unspecified atom stereocenters. The molecule has 1 aliphatic carbocycles. The van der Waals surface area contributed by atoms with Gasteiger partial charge in [0.2, 0.25) is 5.95 Å². The van der Waals surface area contributed by atoms with E-state index in [9.17, 15) is 10.1 Å². The second-order valence-electron chi connectivity index (χ2n) is 3.81. The van der Waals surface area contributed by atoms with Crippen LogP contribution >= 0.6 is 0 Å². The molecule has 2 rings (SSSR count).